The topological polar surface area (TPSA) is 35.5 Å². The van der Waals surface area contributed by atoms with Crippen LogP contribution in [0.5, 0.6) is 0 Å². The number of nitrogens with one attached hydrogen (secondary N) is 1. The van der Waals surface area contributed by atoms with Crippen molar-refractivity contribution < 1.29 is 5.11 Å². The van der Waals surface area contributed by atoms with Crippen LogP contribution in [0.15, 0.2) is 0 Å². The molecule has 3 heteroatoms. The fourth-order valence-corrected chi connectivity index (χ4v) is 3.86. The molecule has 0 bridgehead atoms. The molecule has 3 aliphatic rings. The zero-order valence-electron chi connectivity index (χ0n) is 9.36. The lowest BCUT2D eigenvalue weighted by Gasteiger charge is -2.37. The van der Waals surface area contributed by atoms with Gasteiger partial charge < -0.3 is 10.4 Å². The summed E-state index contributed by atoms with van der Waals surface area (Å²) in [5.41, 5.74) is 0. The normalized spacial score (nSPS) is 47.0. The Bertz CT molecular complexity index is 234. The summed E-state index contributed by atoms with van der Waals surface area (Å²) in [6.07, 6.45) is 4.89. The van der Waals surface area contributed by atoms with E-state index in [9.17, 15) is 5.11 Å². The number of aliphatic hydroxyl groups is 1. The van der Waals surface area contributed by atoms with E-state index in [-0.39, 0.29) is 6.10 Å². The van der Waals surface area contributed by atoms with Gasteiger partial charge in [0.15, 0.2) is 0 Å². The molecule has 86 valence electrons. The van der Waals surface area contributed by atoms with E-state index in [1.807, 2.05) is 0 Å². The van der Waals surface area contributed by atoms with Crippen molar-refractivity contribution in [1.82, 2.24) is 10.2 Å². The summed E-state index contributed by atoms with van der Waals surface area (Å²) < 4.78 is 0. The minimum absolute atomic E-state index is 0.0628. The fraction of sp³-hybridized carbons (Fsp3) is 1.00. The maximum atomic E-state index is 9.72. The maximum Gasteiger partial charge on any atom is 0.0667 e. The Balaban J connectivity index is 1.66. The molecule has 15 heavy (non-hydrogen) atoms. The van der Waals surface area contributed by atoms with Crippen LogP contribution in [0.2, 0.25) is 0 Å². The summed E-state index contributed by atoms with van der Waals surface area (Å²) in [4.78, 5) is 2.56. The maximum absolute atomic E-state index is 9.72. The average Bonchev–Trinajstić information content (AvgIpc) is 2.77. The van der Waals surface area contributed by atoms with Crippen LogP contribution in [0.4, 0.5) is 0 Å². The van der Waals surface area contributed by atoms with Gasteiger partial charge in [0.2, 0.25) is 0 Å². The van der Waals surface area contributed by atoms with Crippen LogP contribution in [0.1, 0.15) is 25.7 Å². The molecule has 0 aromatic heterocycles. The van der Waals surface area contributed by atoms with E-state index in [1.165, 1.54) is 38.9 Å². The van der Waals surface area contributed by atoms with Crippen molar-refractivity contribution in [2.24, 2.45) is 11.8 Å². The summed E-state index contributed by atoms with van der Waals surface area (Å²) in [5, 5.41) is 13.2. The lowest BCUT2D eigenvalue weighted by Crippen LogP contribution is -2.47. The van der Waals surface area contributed by atoms with Gasteiger partial charge in [-0.15, -0.1) is 0 Å². The number of nitrogens with zero attached hydrogens (tertiary/aromatic N) is 1. The van der Waals surface area contributed by atoms with Gasteiger partial charge in [0.25, 0.3) is 0 Å². The van der Waals surface area contributed by atoms with Crippen molar-refractivity contribution in [3.63, 3.8) is 0 Å². The summed E-state index contributed by atoms with van der Waals surface area (Å²) >= 11 is 0. The van der Waals surface area contributed by atoms with Gasteiger partial charge in [-0.2, -0.15) is 0 Å². The Labute approximate surface area is 91.8 Å². The molecule has 2 saturated heterocycles. The Morgan fingerprint density at radius 1 is 1.13 bits per heavy atom. The highest BCUT2D eigenvalue weighted by Gasteiger charge is 2.42. The van der Waals surface area contributed by atoms with Crippen LogP contribution in [0, 0.1) is 11.8 Å². The monoisotopic (exact) mass is 210 g/mol. The molecular formula is C12H22N2O. The third kappa shape index (κ3) is 1.81. The van der Waals surface area contributed by atoms with E-state index in [0.29, 0.717) is 0 Å². The second-order valence-corrected chi connectivity index (χ2v) is 5.52. The first kappa shape index (κ1) is 10.1. The molecular weight excluding hydrogens is 188 g/mol. The molecule has 0 aromatic rings. The van der Waals surface area contributed by atoms with Crippen molar-refractivity contribution >= 4 is 0 Å². The standard InChI is InChI=1S/C12H22N2O/c15-10-2-1-5-14(8-10)12-4-3-9-6-13-7-11(9)12/h9-13,15H,1-8H2. The predicted molar refractivity (Wildman–Crippen MR) is 59.7 cm³/mol. The van der Waals surface area contributed by atoms with Gasteiger partial charge in [-0.25, -0.2) is 0 Å². The zero-order valence-corrected chi connectivity index (χ0v) is 9.36. The van der Waals surface area contributed by atoms with Crippen LogP contribution >= 0.6 is 0 Å². The molecule has 3 nitrogen and oxygen atoms in total. The lowest BCUT2D eigenvalue weighted by molar-refractivity contribution is 0.0361. The zero-order chi connectivity index (χ0) is 10.3. The first-order valence-electron chi connectivity index (χ1n) is 6.47. The third-order valence-corrected chi connectivity index (χ3v) is 4.62. The fourth-order valence-electron chi connectivity index (χ4n) is 3.86. The highest BCUT2D eigenvalue weighted by molar-refractivity contribution is 4.97. The first-order chi connectivity index (χ1) is 7.34. The molecule has 1 saturated carbocycles. The molecule has 2 aliphatic heterocycles. The van der Waals surface area contributed by atoms with Gasteiger partial charge in [0, 0.05) is 12.6 Å². The molecule has 2 N–H and O–H groups in total. The van der Waals surface area contributed by atoms with Gasteiger partial charge >= 0.3 is 0 Å². The van der Waals surface area contributed by atoms with Crippen LogP contribution in [-0.2, 0) is 0 Å². The number of likely N-dealkylation sites (tertiary alicyclic amines) is 1. The summed E-state index contributed by atoms with van der Waals surface area (Å²) in [5.74, 6) is 1.80. The quantitative estimate of drug-likeness (QED) is 0.659. The Kier molecular flexibility index (Phi) is 2.71. The third-order valence-electron chi connectivity index (χ3n) is 4.62. The molecule has 0 radical (unpaired) electrons. The van der Waals surface area contributed by atoms with Crippen molar-refractivity contribution in [2.75, 3.05) is 26.2 Å². The largest absolute Gasteiger partial charge is 0.392 e. The van der Waals surface area contributed by atoms with E-state index in [2.05, 4.69) is 10.2 Å². The molecule has 3 rings (SSSR count). The van der Waals surface area contributed by atoms with Gasteiger partial charge in [-0.3, -0.25) is 4.90 Å². The highest BCUT2D eigenvalue weighted by Crippen LogP contribution is 2.38. The first-order valence-corrected chi connectivity index (χ1v) is 6.47. The number of fused-ring (bicyclic) bond motifs is 1. The van der Waals surface area contributed by atoms with Crippen LogP contribution < -0.4 is 5.32 Å². The van der Waals surface area contributed by atoms with Crippen molar-refractivity contribution in [1.29, 1.82) is 0 Å². The highest BCUT2D eigenvalue weighted by atomic mass is 16.3. The molecule has 4 atom stereocenters. The number of hydrogen-bond acceptors (Lipinski definition) is 3. The Morgan fingerprint density at radius 3 is 2.93 bits per heavy atom. The number of piperidine rings is 1. The average molecular weight is 210 g/mol. The van der Waals surface area contributed by atoms with E-state index in [4.69, 9.17) is 0 Å². The number of rotatable bonds is 1. The predicted octanol–water partition coefficient (Wildman–Crippen LogP) is 0.441. The van der Waals surface area contributed by atoms with Crippen LogP contribution in [-0.4, -0.2) is 48.3 Å². The van der Waals surface area contributed by atoms with E-state index in [0.717, 1.165) is 30.8 Å². The molecule has 3 fully saturated rings. The van der Waals surface area contributed by atoms with Crippen molar-refractivity contribution in [3.05, 3.63) is 0 Å². The minimum atomic E-state index is -0.0628. The number of aliphatic hydroxyl groups excluding tert-OH is 1. The second-order valence-electron chi connectivity index (χ2n) is 5.52. The molecule has 4 unspecified atom stereocenters. The van der Waals surface area contributed by atoms with Gasteiger partial charge in [0.05, 0.1) is 6.10 Å². The smallest absolute Gasteiger partial charge is 0.0667 e. The number of hydrogen-bond donors (Lipinski definition) is 2. The summed E-state index contributed by atoms with van der Waals surface area (Å²) in [7, 11) is 0. The summed E-state index contributed by atoms with van der Waals surface area (Å²) in [6.45, 7) is 4.58. The SMILES string of the molecule is OC1CCCN(C2CCC3CNCC32)C1. The van der Waals surface area contributed by atoms with Gasteiger partial charge in [0.1, 0.15) is 0 Å². The van der Waals surface area contributed by atoms with E-state index >= 15 is 0 Å². The van der Waals surface area contributed by atoms with Crippen LogP contribution in [0.25, 0.3) is 0 Å². The van der Waals surface area contributed by atoms with Gasteiger partial charge in [-0.1, -0.05) is 0 Å². The Hall–Kier alpha value is -0.120. The number of β-amino-alcohol motifs (C(OH)–C–C–N with tert-alkyl or cyclic N) is 1. The minimum Gasteiger partial charge on any atom is -0.392 e. The second kappa shape index (κ2) is 4.04. The van der Waals surface area contributed by atoms with Crippen molar-refractivity contribution in [2.45, 2.75) is 37.8 Å². The van der Waals surface area contributed by atoms with Gasteiger partial charge in [-0.05, 0) is 57.2 Å². The lowest BCUT2D eigenvalue weighted by atomic mass is 9.95. The Morgan fingerprint density at radius 2 is 2.07 bits per heavy atom. The van der Waals surface area contributed by atoms with E-state index < -0.39 is 0 Å². The molecule has 0 spiro atoms. The van der Waals surface area contributed by atoms with Crippen molar-refractivity contribution in [3.8, 4) is 0 Å². The molecule has 1 aliphatic carbocycles. The van der Waals surface area contributed by atoms with Crippen LogP contribution in [0.3, 0.4) is 0 Å². The molecule has 2 heterocycles. The molecule has 0 amide bonds. The van der Waals surface area contributed by atoms with E-state index in [1.54, 1.807) is 0 Å². The molecule has 0 aromatic carbocycles. The summed E-state index contributed by atoms with van der Waals surface area (Å²) in [6, 6.07) is 0.764.